The Morgan fingerprint density at radius 3 is 2.82 bits per heavy atom. The summed E-state index contributed by atoms with van der Waals surface area (Å²) in [6, 6.07) is 0. The Bertz CT molecular complexity index is 249. The van der Waals surface area contributed by atoms with Crippen LogP contribution in [0.3, 0.4) is 0 Å². The molecule has 0 fully saturated rings. The minimum Gasteiger partial charge on any atom is -0.374 e. The van der Waals surface area contributed by atoms with Gasteiger partial charge in [-0.25, -0.2) is 0 Å². The van der Waals surface area contributed by atoms with Gasteiger partial charge in [-0.1, -0.05) is 38.7 Å². The van der Waals surface area contributed by atoms with Crippen molar-refractivity contribution in [2.75, 3.05) is 0 Å². The molecule has 0 aromatic rings. The van der Waals surface area contributed by atoms with Gasteiger partial charge in [0.05, 0.1) is 0 Å². The first kappa shape index (κ1) is 14.1. The molecule has 0 saturated carbocycles. The van der Waals surface area contributed by atoms with E-state index in [0.29, 0.717) is 0 Å². The van der Waals surface area contributed by atoms with Crippen LogP contribution in [-0.2, 0) is 0 Å². The van der Waals surface area contributed by atoms with Crippen molar-refractivity contribution in [1.82, 2.24) is 10.2 Å². The maximum Gasteiger partial charge on any atom is 0.125 e. The number of allylic oxidation sites excluding steroid dienone is 1. The number of unbranched alkanes of at least 4 members (excludes halogenated alkanes) is 5. The molecule has 1 rings (SSSR count). The minimum atomic E-state index is -0.444. The number of nitrogens with zero attached hydrogens (tertiary/aromatic N) is 1. The highest BCUT2D eigenvalue weighted by atomic mass is 16.3. The Balaban J connectivity index is 2.12. The van der Waals surface area contributed by atoms with Crippen molar-refractivity contribution in [3.8, 4) is 0 Å². The Morgan fingerprint density at radius 2 is 2.12 bits per heavy atom. The molecular formula is C14H26N2O. The van der Waals surface area contributed by atoms with Crippen molar-refractivity contribution in [3.63, 3.8) is 0 Å². The zero-order chi connectivity index (χ0) is 12.5. The normalized spacial score (nSPS) is 21.1. The molecule has 0 spiro atoms. The molecule has 0 amide bonds. The van der Waals surface area contributed by atoms with Gasteiger partial charge in [0, 0.05) is 12.4 Å². The van der Waals surface area contributed by atoms with Crippen LogP contribution in [0.15, 0.2) is 24.6 Å². The molecule has 1 aliphatic heterocycles. The molecule has 3 heteroatoms. The van der Waals surface area contributed by atoms with Crippen molar-refractivity contribution in [2.45, 2.75) is 64.8 Å². The maximum atomic E-state index is 9.52. The lowest BCUT2D eigenvalue weighted by Gasteiger charge is -2.25. The number of rotatable bonds is 8. The van der Waals surface area contributed by atoms with Gasteiger partial charge in [-0.2, -0.15) is 0 Å². The molecule has 2 atom stereocenters. The fraction of sp³-hybridized carbons (Fsp3) is 0.714. The van der Waals surface area contributed by atoms with Crippen LogP contribution in [0, 0.1) is 0 Å². The molecule has 2 unspecified atom stereocenters. The van der Waals surface area contributed by atoms with Crippen molar-refractivity contribution < 1.29 is 5.11 Å². The van der Waals surface area contributed by atoms with E-state index in [0.717, 1.165) is 6.42 Å². The lowest BCUT2D eigenvalue weighted by molar-refractivity contribution is 0.0408. The summed E-state index contributed by atoms with van der Waals surface area (Å²) >= 11 is 0. The molecule has 2 N–H and O–H groups in total. The van der Waals surface area contributed by atoms with Gasteiger partial charge in [0.25, 0.3) is 0 Å². The summed E-state index contributed by atoms with van der Waals surface area (Å²) in [5.41, 5.74) is 0. The topological polar surface area (TPSA) is 35.5 Å². The van der Waals surface area contributed by atoms with E-state index >= 15 is 0 Å². The van der Waals surface area contributed by atoms with Crippen molar-refractivity contribution >= 4 is 0 Å². The fourth-order valence-electron chi connectivity index (χ4n) is 2.01. The molecule has 0 aromatic carbocycles. The van der Waals surface area contributed by atoms with E-state index in [-0.39, 0.29) is 6.17 Å². The van der Waals surface area contributed by atoms with Gasteiger partial charge in [-0.15, -0.1) is 0 Å². The second kappa shape index (κ2) is 8.18. The SMILES string of the molecule is CCCCCCC/C=C/C1NC=CN1C(C)O. The van der Waals surface area contributed by atoms with Crippen LogP contribution in [0.5, 0.6) is 0 Å². The van der Waals surface area contributed by atoms with E-state index in [1.165, 1.54) is 32.1 Å². The fourth-order valence-corrected chi connectivity index (χ4v) is 2.01. The molecular weight excluding hydrogens is 212 g/mol. The molecule has 0 aliphatic carbocycles. The second-order valence-electron chi connectivity index (χ2n) is 4.64. The summed E-state index contributed by atoms with van der Waals surface area (Å²) in [6.45, 7) is 4.02. The zero-order valence-electron chi connectivity index (χ0n) is 11.1. The molecule has 0 saturated heterocycles. The summed E-state index contributed by atoms with van der Waals surface area (Å²) in [6.07, 6.45) is 15.5. The second-order valence-corrected chi connectivity index (χ2v) is 4.64. The van der Waals surface area contributed by atoms with Crippen molar-refractivity contribution in [2.24, 2.45) is 0 Å². The van der Waals surface area contributed by atoms with Crippen molar-refractivity contribution in [1.29, 1.82) is 0 Å². The Labute approximate surface area is 105 Å². The molecule has 0 bridgehead atoms. The third-order valence-electron chi connectivity index (χ3n) is 3.06. The van der Waals surface area contributed by atoms with Gasteiger partial charge in [0.15, 0.2) is 0 Å². The average molecular weight is 238 g/mol. The van der Waals surface area contributed by atoms with E-state index in [2.05, 4.69) is 24.4 Å². The quantitative estimate of drug-likeness (QED) is 0.504. The molecule has 1 heterocycles. The average Bonchev–Trinajstić information content (AvgIpc) is 2.76. The van der Waals surface area contributed by atoms with Gasteiger partial charge in [-0.3, -0.25) is 0 Å². The van der Waals surface area contributed by atoms with E-state index in [9.17, 15) is 5.11 Å². The number of aliphatic hydroxyl groups excluding tert-OH is 1. The first-order valence-electron chi connectivity index (χ1n) is 6.80. The molecule has 98 valence electrons. The van der Waals surface area contributed by atoms with Crippen LogP contribution in [0.1, 0.15) is 52.4 Å². The van der Waals surface area contributed by atoms with Crippen LogP contribution in [0.25, 0.3) is 0 Å². The summed E-state index contributed by atoms with van der Waals surface area (Å²) in [4.78, 5) is 1.90. The summed E-state index contributed by atoms with van der Waals surface area (Å²) in [5.74, 6) is 0. The van der Waals surface area contributed by atoms with E-state index in [4.69, 9.17) is 0 Å². The van der Waals surface area contributed by atoms with Gasteiger partial charge < -0.3 is 15.3 Å². The standard InChI is InChI=1S/C14H26N2O/c1-3-4-5-6-7-8-9-10-14-15-11-12-16(14)13(2)17/h9-15,17H,3-8H2,1-2H3/b10-9+. The van der Waals surface area contributed by atoms with Gasteiger partial charge >= 0.3 is 0 Å². The first-order valence-corrected chi connectivity index (χ1v) is 6.80. The summed E-state index contributed by atoms with van der Waals surface area (Å²) in [5, 5.41) is 12.7. The van der Waals surface area contributed by atoms with Gasteiger partial charge in [0.1, 0.15) is 12.4 Å². The third kappa shape index (κ3) is 5.26. The van der Waals surface area contributed by atoms with E-state index in [1.54, 1.807) is 6.92 Å². The summed E-state index contributed by atoms with van der Waals surface area (Å²) < 4.78 is 0. The lowest BCUT2D eigenvalue weighted by atomic mass is 10.1. The van der Waals surface area contributed by atoms with Crippen LogP contribution in [-0.4, -0.2) is 22.4 Å². The third-order valence-corrected chi connectivity index (χ3v) is 3.06. The molecule has 0 aromatic heterocycles. The molecule has 17 heavy (non-hydrogen) atoms. The maximum absolute atomic E-state index is 9.52. The number of hydrogen-bond donors (Lipinski definition) is 2. The zero-order valence-corrected chi connectivity index (χ0v) is 11.1. The first-order chi connectivity index (χ1) is 8.25. The van der Waals surface area contributed by atoms with E-state index < -0.39 is 6.23 Å². The number of hydrogen-bond acceptors (Lipinski definition) is 3. The Kier molecular flexibility index (Phi) is 6.78. The van der Waals surface area contributed by atoms with Crippen LogP contribution >= 0.6 is 0 Å². The van der Waals surface area contributed by atoms with Crippen LogP contribution in [0.4, 0.5) is 0 Å². The predicted molar refractivity (Wildman–Crippen MR) is 72.1 cm³/mol. The van der Waals surface area contributed by atoms with Gasteiger partial charge in [-0.05, 0) is 25.8 Å². The monoisotopic (exact) mass is 238 g/mol. The summed E-state index contributed by atoms with van der Waals surface area (Å²) in [7, 11) is 0. The molecule has 0 radical (unpaired) electrons. The highest BCUT2D eigenvalue weighted by molar-refractivity contribution is 5.04. The molecule has 3 nitrogen and oxygen atoms in total. The van der Waals surface area contributed by atoms with Crippen LogP contribution < -0.4 is 5.32 Å². The van der Waals surface area contributed by atoms with E-state index in [1.807, 2.05) is 17.3 Å². The number of aliphatic hydroxyl groups is 1. The highest BCUT2D eigenvalue weighted by Crippen LogP contribution is 2.11. The lowest BCUT2D eigenvalue weighted by Crippen LogP contribution is -2.39. The highest BCUT2D eigenvalue weighted by Gasteiger charge is 2.18. The molecule has 1 aliphatic rings. The number of nitrogens with one attached hydrogen (secondary N) is 1. The largest absolute Gasteiger partial charge is 0.374 e. The smallest absolute Gasteiger partial charge is 0.125 e. The van der Waals surface area contributed by atoms with Crippen LogP contribution in [0.2, 0.25) is 0 Å². The minimum absolute atomic E-state index is 0.116. The Morgan fingerprint density at radius 1 is 1.35 bits per heavy atom. The Hall–Kier alpha value is -0.960. The predicted octanol–water partition coefficient (Wildman–Crippen LogP) is 2.94. The van der Waals surface area contributed by atoms with Gasteiger partial charge in [0.2, 0.25) is 0 Å². The van der Waals surface area contributed by atoms with Crippen molar-refractivity contribution in [3.05, 3.63) is 24.6 Å².